The number of nitrogens with zero attached hydrogens (tertiary/aromatic N) is 2. The predicted octanol–water partition coefficient (Wildman–Crippen LogP) is 7.21. The van der Waals surface area contributed by atoms with E-state index in [4.69, 9.17) is 16.3 Å². The number of hydrogen-bond acceptors (Lipinski definition) is 3. The van der Waals surface area contributed by atoms with Crippen molar-refractivity contribution in [3.63, 3.8) is 0 Å². The van der Waals surface area contributed by atoms with Gasteiger partial charge < -0.3 is 9.30 Å². The third-order valence-electron chi connectivity index (χ3n) is 6.86. The molecule has 1 aliphatic heterocycles. The van der Waals surface area contributed by atoms with Crippen molar-refractivity contribution in [2.45, 2.75) is 71.0 Å². The van der Waals surface area contributed by atoms with E-state index in [1.54, 1.807) is 6.07 Å². The predicted molar refractivity (Wildman–Crippen MR) is 126 cm³/mol. The van der Waals surface area contributed by atoms with Crippen LogP contribution in [0.5, 0.6) is 5.75 Å². The summed E-state index contributed by atoms with van der Waals surface area (Å²) >= 11 is 6.38. The van der Waals surface area contributed by atoms with E-state index in [2.05, 4.69) is 5.43 Å². The van der Waals surface area contributed by atoms with Gasteiger partial charge in [-0.3, -0.25) is 5.43 Å². The van der Waals surface area contributed by atoms with Gasteiger partial charge in [0.15, 0.2) is 5.75 Å². The number of aromatic nitrogens is 1. The van der Waals surface area contributed by atoms with Crippen molar-refractivity contribution >= 4 is 17.7 Å². The van der Waals surface area contributed by atoms with Crippen LogP contribution in [-0.4, -0.2) is 28.8 Å². The van der Waals surface area contributed by atoms with Crippen LogP contribution in [0.3, 0.4) is 0 Å². The van der Waals surface area contributed by atoms with Crippen LogP contribution < -0.4 is 10.2 Å². The minimum Gasteiger partial charge on any atom is -0.407 e. The van der Waals surface area contributed by atoms with Gasteiger partial charge in [-0.05, 0) is 56.7 Å². The van der Waals surface area contributed by atoms with Crippen LogP contribution in [-0.2, 0) is 12.7 Å². The lowest BCUT2D eigenvalue weighted by atomic mass is 9.89. The summed E-state index contributed by atoms with van der Waals surface area (Å²) in [6, 6.07) is 4.97. The number of benzene rings is 1. The highest BCUT2D eigenvalue weighted by molar-refractivity contribution is 6.33. The summed E-state index contributed by atoms with van der Waals surface area (Å²) in [5.41, 5.74) is 3.51. The Labute approximate surface area is 203 Å². The number of carbonyl (C=O) groups is 1. The fourth-order valence-corrected chi connectivity index (χ4v) is 5.18. The Morgan fingerprint density at radius 3 is 2.44 bits per heavy atom. The average Bonchev–Trinajstić information content (AvgIpc) is 3.09. The number of ether oxygens (including phenoxy) is 1. The molecule has 2 aliphatic rings. The second-order valence-electron chi connectivity index (χ2n) is 9.34. The number of hydrogen-bond donors (Lipinski definition) is 1. The first-order chi connectivity index (χ1) is 16.2. The number of halogens is 4. The Hall–Kier alpha value is -2.19. The zero-order chi connectivity index (χ0) is 24.3. The van der Waals surface area contributed by atoms with Gasteiger partial charge in [-0.2, -0.15) is 13.2 Å². The molecule has 0 unspecified atom stereocenters. The molecule has 1 amide bonds. The van der Waals surface area contributed by atoms with Gasteiger partial charge in [0.25, 0.3) is 0 Å². The number of amides is 1. The number of nitrogens with one attached hydrogen (secondary N) is 1. The fraction of sp³-hybridized carbons (Fsp3) is 0.560. The van der Waals surface area contributed by atoms with E-state index >= 15 is 0 Å². The monoisotopic (exact) mass is 497 g/mol. The molecule has 2 heterocycles. The van der Waals surface area contributed by atoms with Crippen molar-refractivity contribution in [3.8, 4) is 17.0 Å². The van der Waals surface area contributed by atoms with Crippen LogP contribution in [0.25, 0.3) is 11.3 Å². The summed E-state index contributed by atoms with van der Waals surface area (Å²) in [5, 5.41) is 2.06. The molecular weight excluding hydrogens is 467 g/mol. The highest BCUT2D eigenvalue weighted by atomic mass is 35.5. The highest BCUT2D eigenvalue weighted by Gasteiger charge is 2.32. The number of carbonyl (C=O) groups excluding carboxylic acids is 1. The SMILES string of the molecule is Cc1c(OC(=O)NN2CCCCC2)cc(-c2cc(C(F)(F)F)ccc2Cl)n1CC1CCCCC1. The number of alkyl halides is 3. The first-order valence-corrected chi connectivity index (χ1v) is 12.4. The van der Waals surface area contributed by atoms with E-state index in [9.17, 15) is 18.0 Å². The van der Waals surface area contributed by atoms with E-state index in [-0.39, 0.29) is 10.6 Å². The van der Waals surface area contributed by atoms with Gasteiger partial charge in [-0.1, -0.05) is 37.3 Å². The second-order valence-corrected chi connectivity index (χ2v) is 9.74. The number of rotatable bonds is 5. The van der Waals surface area contributed by atoms with Gasteiger partial charge in [-0.15, -0.1) is 0 Å². The van der Waals surface area contributed by atoms with Crippen LogP contribution in [0.4, 0.5) is 18.0 Å². The van der Waals surface area contributed by atoms with Gasteiger partial charge in [0.05, 0.1) is 17.0 Å². The van der Waals surface area contributed by atoms with E-state index in [0.29, 0.717) is 29.6 Å². The van der Waals surface area contributed by atoms with Crippen molar-refractivity contribution in [1.82, 2.24) is 15.0 Å². The van der Waals surface area contributed by atoms with E-state index in [1.165, 1.54) is 12.5 Å². The average molecular weight is 498 g/mol. The van der Waals surface area contributed by atoms with Gasteiger partial charge in [0.2, 0.25) is 0 Å². The molecule has 1 saturated carbocycles. The lowest BCUT2D eigenvalue weighted by molar-refractivity contribution is -0.137. The minimum absolute atomic E-state index is 0.222. The third-order valence-corrected chi connectivity index (χ3v) is 7.19. The first kappa shape index (κ1) is 24.9. The molecule has 186 valence electrons. The molecule has 2 fully saturated rings. The van der Waals surface area contributed by atoms with Crippen molar-refractivity contribution < 1.29 is 22.7 Å². The van der Waals surface area contributed by atoms with Crippen LogP contribution in [0, 0.1) is 12.8 Å². The van der Waals surface area contributed by atoms with Gasteiger partial charge in [0.1, 0.15) is 0 Å². The molecule has 1 N–H and O–H groups in total. The number of piperidine rings is 1. The van der Waals surface area contributed by atoms with Crippen molar-refractivity contribution in [2.24, 2.45) is 5.92 Å². The normalized spacial score (nSPS) is 18.1. The molecule has 0 atom stereocenters. The lowest BCUT2D eigenvalue weighted by Gasteiger charge is -2.26. The van der Waals surface area contributed by atoms with Crippen molar-refractivity contribution in [1.29, 1.82) is 0 Å². The van der Waals surface area contributed by atoms with Gasteiger partial charge >= 0.3 is 12.3 Å². The number of hydrazine groups is 1. The van der Waals surface area contributed by atoms with E-state index in [0.717, 1.165) is 70.2 Å². The Balaban J connectivity index is 1.66. The molecule has 0 spiro atoms. The third kappa shape index (κ3) is 5.89. The van der Waals surface area contributed by atoms with Crippen LogP contribution >= 0.6 is 11.6 Å². The molecule has 2 aromatic rings. The van der Waals surface area contributed by atoms with E-state index < -0.39 is 17.8 Å². The summed E-state index contributed by atoms with van der Waals surface area (Å²) in [5.74, 6) is 0.743. The molecule has 4 rings (SSSR count). The zero-order valence-electron chi connectivity index (χ0n) is 19.4. The molecule has 1 saturated heterocycles. The quantitative estimate of drug-likeness (QED) is 0.475. The fourth-order valence-electron chi connectivity index (χ4n) is 4.97. The summed E-state index contributed by atoms with van der Waals surface area (Å²) < 4.78 is 47.9. The molecule has 1 aliphatic carbocycles. The Bertz CT molecular complexity index is 1010. The van der Waals surface area contributed by atoms with Gasteiger partial charge in [0, 0.05) is 36.3 Å². The molecule has 0 bridgehead atoms. The Morgan fingerprint density at radius 1 is 1.09 bits per heavy atom. The summed E-state index contributed by atoms with van der Waals surface area (Å²) in [6.07, 6.45) is 3.71. The van der Waals surface area contributed by atoms with Crippen LogP contribution in [0.1, 0.15) is 62.6 Å². The van der Waals surface area contributed by atoms with Crippen LogP contribution in [0.2, 0.25) is 5.02 Å². The first-order valence-electron chi connectivity index (χ1n) is 12.0. The standard InChI is InChI=1S/C25H31ClF3N3O2/c1-17-23(34-24(33)30-31-12-6-3-7-13-31)15-22(32(17)16-18-8-4-2-5-9-18)20-14-19(25(27,28)29)10-11-21(20)26/h10-11,14-15,18H,2-9,12-13,16H2,1H3,(H,30,33). The summed E-state index contributed by atoms with van der Waals surface area (Å²) in [4.78, 5) is 12.6. The van der Waals surface area contributed by atoms with Crippen LogP contribution in [0.15, 0.2) is 24.3 Å². The molecule has 0 radical (unpaired) electrons. The topological polar surface area (TPSA) is 46.5 Å². The molecule has 5 nitrogen and oxygen atoms in total. The highest BCUT2D eigenvalue weighted by Crippen LogP contribution is 2.40. The zero-order valence-corrected chi connectivity index (χ0v) is 20.1. The molecule has 1 aromatic carbocycles. The maximum Gasteiger partial charge on any atom is 0.427 e. The summed E-state index contributed by atoms with van der Waals surface area (Å²) in [6.45, 7) is 4.01. The molecule has 9 heteroatoms. The second kappa shape index (κ2) is 10.6. The van der Waals surface area contributed by atoms with E-state index in [1.807, 2.05) is 16.5 Å². The van der Waals surface area contributed by atoms with Crippen molar-refractivity contribution in [3.05, 3.63) is 40.5 Å². The Kier molecular flexibility index (Phi) is 7.77. The Morgan fingerprint density at radius 2 is 1.76 bits per heavy atom. The lowest BCUT2D eigenvalue weighted by Crippen LogP contribution is -2.46. The molecule has 1 aromatic heterocycles. The molecule has 34 heavy (non-hydrogen) atoms. The maximum absolute atomic E-state index is 13.4. The minimum atomic E-state index is -4.48. The van der Waals surface area contributed by atoms with Crippen molar-refractivity contribution in [2.75, 3.05) is 13.1 Å². The summed E-state index contributed by atoms with van der Waals surface area (Å²) in [7, 11) is 0. The largest absolute Gasteiger partial charge is 0.427 e. The molecular formula is C25H31ClF3N3O2. The maximum atomic E-state index is 13.4. The smallest absolute Gasteiger partial charge is 0.407 e. The van der Waals surface area contributed by atoms with Gasteiger partial charge in [-0.25, -0.2) is 9.80 Å².